The molecule has 2 nitrogen and oxygen atoms in total. The van der Waals surface area contributed by atoms with Crippen LogP contribution in [0.4, 0.5) is 0 Å². The van der Waals surface area contributed by atoms with Gasteiger partial charge in [-0.05, 0) is 59.7 Å². The molecule has 0 bridgehead atoms. The highest BCUT2D eigenvalue weighted by atomic mass is 127. The molecule has 1 aliphatic heterocycles. The van der Waals surface area contributed by atoms with Crippen molar-refractivity contribution in [3.63, 3.8) is 0 Å². The Bertz CT molecular complexity index is 403. The van der Waals surface area contributed by atoms with E-state index in [2.05, 4.69) is 65.2 Å². The van der Waals surface area contributed by atoms with Crippen molar-refractivity contribution in [2.24, 2.45) is 0 Å². The van der Waals surface area contributed by atoms with Crippen LogP contribution in [0.25, 0.3) is 0 Å². The van der Waals surface area contributed by atoms with Crippen LogP contribution in [-0.2, 0) is 4.74 Å². The number of rotatable bonds is 4. The minimum Gasteiger partial charge on any atom is -0.496 e. The quantitative estimate of drug-likeness (QED) is 0.843. The van der Waals surface area contributed by atoms with Crippen molar-refractivity contribution < 1.29 is 4.74 Å². The zero-order valence-corrected chi connectivity index (χ0v) is 12.2. The van der Waals surface area contributed by atoms with Gasteiger partial charge in [-0.15, -0.1) is 0 Å². The standard InChI is InChI=1S/C14H18INO/c1-2-16-14(13-9-5-6-10-17-13)11-7-3-4-8-12(11)15/h3-4,7-9,14,16H,2,5-6,10H2,1H3. The number of nitrogens with one attached hydrogen (secondary N) is 1. The Morgan fingerprint density at radius 3 is 2.88 bits per heavy atom. The average Bonchev–Trinajstić information content (AvgIpc) is 2.38. The first-order valence-electron chi connectivity index (χ1n) is 6.13. The van der Waals surface area contributed by atoms with Gasteiger partial charge in [0.15, 0.2) is 0 Å². The summed E-state index contributed by atoms with van der Waals surface area (Å²) in [5.74, 6) is 1.09. The summed E-state index contributed by atoms with van der Waals surface area (Å²) in [6.45, 7) is 3.92. The maximum absolute atomic E-state index is 5.80. The van der Waals surface area contributed by atoms with Gasteiger partial charge < -0.3 is 10.1 Å². The minimum absolute atomic E-state index is 0.202. The van der Waals surface area contributed by atoms with Gasteiger partial charge in [-0.1, -0.05) is 25.1 Å². The monoisotopic (exact) mass is 343 g/mol. The van der Waals surface area contributed by atoms with Crippen molar-refractivity contribution in [3.8, 4) is 0 Å². The fraction of sp³-hybridized carbons (Fsp3) is 0.429. The van der Waals surface area contributed by atoms with Crippen molar-refractivity contribution in [2.75, 3.05) is 13.2 Å². The molecule has 1 N–H and O–H groups in total. The van der Waals surface area contributed by atoms with Gasteiger partial charge in [-0.3, -0.25) is 0 Å². The van der Waals surface area contributed by atoms with Gasteiger partial charge in [0, 0.05) is 3.57 Å². The second-order valence-corrected chi connectivity index (χ2v) is 5.27. The lowest BCUT2D eigenvalue weighted by atomic mass is 10.0. The van der Waals surface area contributed by atoms with Crippen LogP contribution in [0.3, 0.4) is 0 Å². The van der Waals surface area contributed by atoms with Crippen molar-refractivity contribution in [1.29, 1.82) is 0 Å². The zero-order valence-electron chi connectivity index (χ0n) is 10.1. The van der Waals surface area contributed by atoms with Crippen molar-refractivity contribution in [3.05, 3.63) is 45.2 Å². The SMILES string of the molecule is CCNC(C1=CCCCO1)c1ccccc1I. The number of likely N-dealkylation sites (N-methyl/N-ethyl adjacent to an activating group) is 1. The van der Waals surface area contributed by atoms with E-state index in [1.807, 2.05) is 0 Å². The molecular weight excluding hydrogens is 325 g/mol. The van der Waals surface area contributed by atoms with Gasteiger partial charge in [0.2, 0.25) is 0 Å². The molecule has 2 rings (SSSR count). The Labute approximate surface area is 117 Å². The van der Waals surface area contributed by atoms with Crippen LogP contribution in [0.2, 0.25) is 0 Å². The van der Waals surface area contributed by atoms with E-state index >= 15 is 0 Å². The van der Waals surface area contributed by atoms with E-state index in [0.29, 0.717) is 0 Å². The van der Waals surface area contributed by atoms with Gasteiger partial charge in [0.1, 0.15) is 5.76 Å². The van der Waals surface area contributed by atoms with Gasteiger partial charge >= 0.3 is 0 Å². The van der Waals surface area contributed by atoms with Crippen molar-refractivity contribution in [2.45, 2.75) is 25.8 Å². The molecule has 0 amide bonds. The fourth-order valence-electron chi connectivity index (χ4n) is 2.05. The summed E-state index contributed by atoms with van der Waals surface area (Å²) in [4.78, 5) is 0. The first kappa shape index (κ1) is 12.9. The molecule has 1 atom stereocenters. The average molecular weight is 343 g/mol. The number of hydrogen-bond donors (Lipinski definition) is 1. The highest BCUT2D eigenvalue weighted by Gasteiger charge is 2.20. The summed E-state index contributed by atoms with van der Waals surface area (Å²) in [6.07, 6.45) is 4.48. The van der Waals surface area contributed by atoms with E-state index in [-0.39, 0.29) is 6.04 Å². The molecule has 0 radical (unpaired) electrons. The second-order valence-electron chi connectivity index (χ2n) is 4.11. The highest BCUT2D eigenvalue weighted by Crippen LogP contribution is 2.28. The maximum Gasteiger partial charge on any atom is 0.113 e. The van der Waals surface area contributed by atoms with E-state index in [0.717, 1.165) is 31.8 Å². The number of allylic oxidation sites excluding steroid dienone is 1. The lowest BCUT2D eigenvalue weighted by molar-refractivity contribution is 0.168. The predicted molar refractivity (Wildman–Crippen MR) is 78.8 cm³/mol. The van der Waals surface area contributed by atoms with E-state index in [1.54, 1.807) is 0 Å². The normalized spacial score (nSPS) is 17.2. The maximum atomic E-state index is 5.80. The Hall–Kier alpha value is -0.550. The predicted octanol–water partition coefficient (Wildman–Crippen LogP) is 3.64. The van der Waals surface area contributed by atoms with Crippen LogP contribution < -0.4 is 5.32 Å². The minimum atomic E-state index is 0.202. The Morgan fingerprint density at radius 2 is 2.24 bits per heavy atom. The topological polar surface area (TPSA) is 21.3 Å². The largest absolute Gasteiger partial charge is 0.496 e. The molecule has 0 fully saturated rings. The van der Waals surface area contributed by atoms with Crippen LogP contribution in [0.1, 0.15) is 31.4 Å². The number of ether oxygens (including phenoxy) is 1. The first-order valence-corrected chi connectivity index (χ1v) is 7.21. The Kier molecular flexibility index (Phi) is 4.86. The van der Waals surface area contributed by atoms with Crippen LogP contribution in [0.5, 0.6) is 0 Å². The van der Waals surface area contributed by atoms with Crippen molar-refractivity contribution in [1.82, 2.24) is 5.32 Å². The molecule has 1 aromatic carbocycles. The van der Waals surface area contributed by atoms with Gasteiger partial charge in [-0.2, -0.15) is 0 Å². The lowest BCUT2D eigenvalue weighted by Gasteiger charge is -2.25. The van der Waals surface area contributed by atoms with Crippen molar-refractivity contribution >= 4 is 22.6 Å². The summed E-state index contributed by atoms with van der Waals surface area (Å²) in [7, 11) is 0. The second kappa shape index (κ2) is 6.40. The molecular formula is C14H18INO. The van der Waals surface area contributed by atoms with Crippen LogP contribution in [-0.4, -0.2) is 13.2 Å². The van der Waals surface area contributed by atoms with E-state index in [9.17, 15) is 0 Å². The van der Waals surface area contributed by atoms with Gasteiger partial charge in [0.25, 0.3) is 0 Å². The molecule has 0 spiro atoms. The van der Waals surface area contributed by atoms with Gasteiger partial charge in [-0.25, -0.2) is 0 Å². The first-order chi connectivity index (χ1) is 8.33. The number of benzene rings is 1. The molecule has 1 aliphatic rings. The molecule has 0 aliphatic carbocycles. The van der Waals surface area contributed by atoms with Crippen LogP contribution in [0.15, 0.2) is 36.1 Å². The summed E-state index contributed by atoms with van der Waals surface area (Å²) < 4.78 is 7.08. The fourth-order valence-corrected chi connectivity index (χ4v) is 2.75. The third-order valence-corrected chi connectivity index (χ3v) is 3.85. The zero-order chi connectivity index (χ0) is 12.1. The smallest absolute Gasteiger partial charge is 0.113 e. The molecule has 1 unspecified atom stereocenters. The molecule has 0 aromatic heterocycles. The molecule has 92 valence electrons. The van der Waals surface area contributed by atoms with E-state index in [1.165, 1.54) is 9.13 Å². The molecule has 0 saturated carbocycles. The van der Waals surface area contributed by atoms with E-state index < -0.39 is 0 Å². The third-order valence-electron chi connectivity index (χ3n) is 2.87. The number of halogens is 1. The van der Waals surface area contributed by atoms with E-state index in [4.69, 9.17) is 4.74 Å². The molecule has 3 heteroatoms. The molecule has 0 saturated heterocycles. The summed E-state index contributed by atoms with van der Waals surface area (Å²) in [6, 6.07) is 8.68. The number of hydrogen-bond acceptors (Lipinski definition) is 2. The Morgan fingerprint density at radius 1 is 1.41 bits per heavy atom. The summed E-state index contributed by atoms with van der Waals surface area (Å²) >= 11 is 2.39. The molecule has 17 heavy (non-hydrogen) atoms. The van der Waals surface area contributed by atoms with Gasteiger partial charge in [0.05, 0.1) is 12.6 Å². The highest BCUT2D eigenvalue weighted by molar-refractivity contribution is 14.1. The van der Waals surface area contributed by atoms with Crippen LogP contribution in [0, 0.1) is 3.57 Å². The third kappa shape index (κ3) is 3.22. The van der Waals surface area contributed by atoms with Crippen LogP contribution >= 0.6 is 22.6 Å². The summed E-state index contributed by atoms with van der Waals surface area (Å²) in [5.41, 5.74) is 1.31. The summed E-state index contributed by atoms with van der Waals surface area (Å²) in [5, 5.41) is 3.51. The Balaban J connectivity index is 2.28. The lowest BCUT2D eigenvalue weighted by Crippen LogP contribution is -2.26. The molecule has 1 aromatic rings. The molecule has 1 heterocycles.